The number of hydrogen-bond acceptors (Lipinski definition) is 4. The molecule has 4 heterocycles. The molecule has 1 fully saturated rings. The van der Waals surface area contributed by atoms with Gasteiger partial charge in [0.1, 0.15) is 22.3 Å². The number of anilines is 1. The normalized spacial score (nSPS) is 14.1. The van der Waals surface area contributed by atoms with Crippen LogP contribution in [-0.4, -0.2) is 51.4 Å². The number of nitrogens with one attached hydrogen (secondary N) is 1. The van der Waals surface area contributed by atoms with Gasteiger partial charge in [-0.3, -0.25) is 14.0 Å². The number of aromatic nitrogens is 3. The topological polar surface area (TPSA) is 73.7 Å². The van der Waals surface area contributed by atoms with Gasteiger partial charge in [-0.1, -0.05) is 29.3 Å². The zero-order valence-electron chi connectivity index (χ0n) is 18.9. The first-order valence-corrected chi connectivity index (χ1v) is 11.9. The van der Waals surface area contributed by atoms with Gasteiger partial charge < -0.3 is 14.8 Å². The third kappa shape index (κ3) is 4.51. The summed E-state index contributed by atoms with van der Waals surface area (Å²) >= 11 is 12.4. The Bertz CT molecular complexity index is 1490. The van der Waals surface area contributed by atoms with Crippen LogP contribution in [0.25, 0.3) is 5.52 Å². The van der Waals surface area contributed by atoms with E-state index >= 15 is 0 Å². The maximum Gasteiger partial charge on any atom is 0.272 e. The molecule has 10 heteroatoms. The number of benzene rings is 1. The van der Waals surface area contributed by atoms with Crippen LogP contribution in [0.3, 0.4) is 0 Å². The Balaban J connectivity index is 1.36. The van der Waals surface area contributed by atoms with Crippen molar-refractivity contribution < 1.29 is 9.18 Å². The van der Waals surface area contributed by atoms with Crippen LogP contribution in [0.4, 0.5) is 10.2 Å². The fourth-order valence-electron chi connectivity index (χ4n) is 4.38. The van der Waals surface area contributed by atoms with Crippen LogP contribution in [0, 0.1) is 12.7 Å². The molecular formula is C25H22Cl2FN5O2. The van der Waals surface area contributed by atoms with Crippen LogP contribution >= 0.6 is 23.2 Å². The standard InChI is InChI=1S/C25H22Cl2FN5O2/c1-15-4-5-29-22(10-15)31-6-8-32(9-7-31)25(35)18-12-16(2-3-20(18)28)11-17-14-30-24(34)21-13-19(26)23(27)33(17)21/h2-5,10,12-14H,6-9,11H2,1H3,(H,30,34). The van der Waals surface area contributed by atoms with Gasteiger partial charge in [0.15, 0.2) is 0 Å². The van der Waals surface area contributed by atoms with E-state index in [1.165, 1.54) is 12.1 Å². The van der Waals surface area contributed by atoms with Crippen LogP contribution in [0.2, 0.25) is 10.2 Å². The largest absolute Gasteiger partial charge is 0.353 e. The van der Waals surface area contributed by atoms with Gasteiger partial charge in [0.25, 0.3) is 11.5 Å². The second kappa shape index (κ2) is 9.36. The zero-order chi connectivity index (χ0) is 24.7. The Morgan fingerprint density at radius 1 is 1.11 bits per heavy atom. The van der Waals surface area contributed by atoms with Crippen molar-refractivity contribution >= 4 is 40.4 Å². The zero-order valence-corrected chi connectivity index (χ0v) is 20.4. The lowest BCUT2D eigenvalue weighted by molar-refractivity contribution is 0.0741. The molecule has 1 N–H and O–H groups in total. The Kier molecular flexibility index (Phi) is 6.25. The van der Waals surface area contributed by atoms with Gasteiger partial charge in [-0.25, -0.2) is 9.37 Å². The predicted octanol–water partition coefficient (Wildman–Crippen LogP) is 4.33. The summed E-state index contributed by atoms with van der Waals surface area (Å²) in [5.41, 5.74) is 2.49. The van der Waals surface area contributed by atoms with Gasteiger partial charge in [0.05, 0.1) is 10.6 Å². The van der Waals surface area contributed by atoms with Crippen molar-refractivity contribution in [2.45, 2.75) is 13.3 Å². The number of hydrogen-bond donors (Lipinski definition) is 1. The van der Waals surface area contributed by atoms with Crippen molar-refractivity contribution in [3.05, 3.63) is 97.5 Å². The highest BCUT2D eigenvalue weighted by molar-refractivity contribution is 6.42. The van der Waals surface area contributed by atoms with E-state index in [-0.39, 0.29) is 27.2 Å². The number of rotatable bonds is 4. The van der Waals surface area contributed by atoms with Crippen molar-refractivity contribution in [3.8, 4) is 0 Å². The molecule has 1 aliphatic heterocycles. The monoisotopic (exact) mass is 513 g/mol. The summed E-state index contributed by atoms with van der Waals surface area (Å²) in [5.74, 6) is -0.0497. The summed E-state index contributed by atoms with van der Waals surface area (Å²) in [6.45, 7) is 4.18. The summed E-state index contributed by atoms with van der Waals surface area (Å²) in [6.07, 6.45) is 3.63. The molecule has 4 aromatic rings. The van der Waals surface area contributed by atoms with E-state index in [2.05, 4.69) is 14.9 Å². The molecule has 0 spiro atoms. The summed E-state index contributed by atoms with van der Waals surface area (Å²) in [6, 6.07) is 9.92. The SMILES string of the molecule is Cc1ccnc(N2CCN(C(=O)c3cc(Cc4c[nH]c(=O)c5cc(Cl)c(Cl)n45)ccc3F)CC2)c1. The lowest BCUT2D eigenvalue weighted by Crippen LogP contribution is -2.49. The first-order chi connectivity index (χ1) is 16.8. The summed E-state index contributed by atoms with van der Waals surface area (Å²) in [7, 11) is 0. The quantitative estimate of drug-likeness (QED) is 0.440. The highest BCUT2D eigenvalue weighted by atomic mass is 35.5. The maximum atomic E-state index is 14.7. The fraction of sp³-hybridized carbons (Fsp3) is 0.240. The number of pyridine rings is 1. The molecule has 0 radical (unpaired) electrons. The number of carbonyl (C=O) groups excluding carboxylic acids is 1. The van der Waals surface area contributed by atoms with Gasteiger partial charge >= 0.3 is 0 Å². The molecule has 0 unspecified atom stereocenters. The van der Waals surface area contributed by atoms with Crippen LogP contribution < -0.4 is 10.5 Å². The Labute approximate surface area is 210 Å². The second-order valence-corrected chi connectivity index (χ2v) is 9.34. The van der Waals surface area contributed by atoms with Crippen molar-refractivity contribution in [3.63, 3.8) is 0 Å². The van der Waals surface area contributed by atoms with Gasteiger partial charge in [0, 0.05) is 50.7 Å². The third-order valence-electron chi connectivity index (χ3n) is 6.23. The highest BCUT2D eigenvalue weighted by Gasteiger charge is 2.25. The average Bonchev–Trinajstić information content (AvgIpc) is 3.17. The van der Waals surface area contributed by atoms with Crippen molar-refractivity contribution in [1.82, 2.24) is 19.3 Å². The average molecular weight is 514 g/mol. The lowest BCUT2D eigenvalue weighted by atomic mass is 10.0. The number of piperazine rings is 1. The second-order valence-electron chi connectivity index (χ2n) is 8.57. The minimum atomic E-state index is -0.574. The molecule has 0 bridgehead atoms. The molecule has 180 valence electrons. The van der Waals surface area contributed by atoms with Gasteiger partial charge in [-0.05, 0) is 48.4 Å². The number of fused-ring (bicyclic) bond motifs is 1. The lowest BCUT2D eigenvalue weighted by Gasteiger charge is -2.35. The number of halogens is 3. The molecular weight excluding hydrogens is 492 g/mol. The molecule has 0 aliphatic carbocycles. The number of nitrogens with zero attached hydrogens (tertiary/aromatic N) is 4. The number of aromatic amines is 1. The minimum absolute atomic E-state index is 0.0157. The Hall–Kier alpha value is -3.36. The molecule has 0 saturated carbocycles. The molecule has 7 nitrogen and oxygen atoms in total. The molecule has 5 rings (SSSR count). The fourth-order valence-corrected chi connectivity index (χ4v) is 4.82. The van der Waals surface area contributed by atoms with Crippen LogP contribution in [0.5, 0.6) is 0 Å². The summed E-state index contributed by atoms with van der Waals surface area (Å²) in [5, 5.41) is 0.488. The summed E-state index contributed by atoms with van der Waals surface area (Å²) in [4.78, 5) is 36.2. The number of H-pyrrole nitrogens is 1. The number of amides is 1. The maximum absolute atomic E-state index is 14.7. The molecule has 1 aliphatic rings. The van der Waals surface area contributed by atoms with Gasteiger partial charge in [-0.15, -0.1) is 0 Å². The number of carbonyl (C=O) groups is 1. The highest BCUT2D eigenvalue weighted by Crippen LogP contribution is 2.27. The molecule has 35 heavy (non-hydrogen) atoms. The predicted molar refractivity (Wildman–Crippen MR) is 134 cm³/mol. The van der Waals surface area contributed by atoms with Crippen LogP contribution in [0.1, 0.15) is 27.2 Å². The van der Waals surface area contributed by atoms with Crippen molar-refractivity contribution in [2.24, 2.45) is 0 Å². The molecule has 1 saturated heterocycles. The Morgan fingerprint density at radius 2 is 1.89 bits per heavy atom. The van der Waals surface area contributed by atoms with E-state index in [1.807, 2.05) is 19.1 Å². The van der Waals surface area contributed by atoms with Gasteiger partial charge in [0.2, 0.25) is 0 Å². The van der Waals surface area contributed by atoms with E-state index in [4.69, 9.17) is 23.2 Å². The van der Waals surface area contributed by atoms with Crippen LogP contribution in [0.15, 0.2) is 53.6 Å². The molecule has 1 amide bonds. The van der Waals surface area contributed by atoms with Gasteiger partial charge in [-0.2, -0.15) is 0 Å². The summed E-state index contributed by atoms with van der Waals surface area (Å²) < 4.78 is 16.3. The van der Waals surface area contributed by atoms with E-state index in [1.54, 1.807) is 33.8 Å². The van der Waals surface area contributed by atoms with E-state index in [9.17, 15) is 14.0 Å². The van der Waals surface area contributed by atoms with E-state index in [0.717, 1.165) is 11.4 Å². The first-order valence-electron chi connectivity index (χ1n) is 11.1. The molecule has 3 aromatic heterocycles. The van der Waals surface area contributed by atoms with Crippen molar-refractivity contribution in [1.29, 1.82) is 0 Å². The van der Waals surface area contributed by atoms with E-state index in [0.29, 0.717) is 49.4 Å². The van der Waals surface area contributed by atoms with E-state index < -0.39 is 5.82 Å². The smallest absolute Gasteiger partial charge is 0.272 e. The third-order valence-corrected chi connectivity index (χ3v) is 6.98. The van der Waals surface area contributed by atoms with Crippen molar-refractivity contribution in [2.75, 3.05) is 31.1 Å². The first kappa shape index (κ1) is 23.4. The molecule has 0 atom stereocenters. The number of aryl methyl sites for hydroxylation is 1. The Morgan fingerprint density at radius 3 is 2.63 bits per heavy atom. The molecule has 1 aromatic carbocycles. The van der Waals surface area contributed by atoms with Crippen LogP contribution in [-0.2, 0) is 6.42 Å². The minimum Gasteiger partial charge on any atom is -0.353 e.